The van der Waals surface area contributed by atoms with Crippen molar-refractivity contribution in [2.24, 2.45) is 0 Å². The average molecular weight is 191 g/mol. The van der Waals surface area contributed by atoms with Crippen molar-refractivity contribution in [1.82, 2.24) is 4.98 Å². The van der Waals surface area contributed by atoms with Crippen molar-refractivity contribution in [3.63, 3.8) is 0 Å². The molecular weight excluding hydrogens is 183 g/mol. The van der Waals surface area contributed by atoms with Gasteiger partial charge in [0.1, 0.15) is 0 Å². The van der Waals surface area contributed by atoms with E-state index in [4.69, 9.17) is 0 Å². The predicted molar refractivity (Wildman–Crippen MR) is 40.1 cm³/mol. The molecule has 0 N–H and O–H groups in total. The van der Waals surface area contributed by atoms with E-state index in [1.807, 2.05) is 0 Å². The van der Waals surface area contributed by atoms with Crippen LogP contribution in [0.15, 0.2) is 23.3 Å². The fourth-order valence-corrected chi connectivity index (χ4v) is 0.730. The van der Waals surface area contributed by atoms with Crippen LogP contribution in [0.5, 0.6) is 0 Å². The summed E-state index contributed by atoms with van der Waals surface area (Å²) >= 11 is 0. The minimum absolute atomic E-state index is 0.0299. The van der Waals surface area contributed by atoms with E-state index in [-0.39, 0.29) is 11.8 Å². The van der Waals surface area contributed by atoms with Crippen LogP contribution in [0.1, 0.15) is 24.5 Å². The first-order valence-corrected chi connectivity index (χ1v) is 3.60. The lowest BCUT2D eigenvalue weighted by Crippen LogP contribution is -2.02. The van der Waals surface area contributed by atoms with E-state index in [2.05, 4.69) is 16.0 Å². The molecule has 0 aromatic carbocycles. The van der Waals surface area contributed by atoms with Crippen molar-refractivity contribution < 1.29 is 17.6 Å². The number of hydrogen-bond acceptors (Lipinski definition) is 2. The van der Waals surface area contributed by atoms with E-state index in [0.717, 1.165) is 0 Å². The maximum absolute atomic E-state index is 12.0. The van der Waals surface area contributed by atoms with Crippen LogP contribution >= 0.6 is 0 Å². The van der Waals surface area contributed by atoms with Crippen molar-refractivity contribution in [2.75, 3.05) is 0 Å². The lowest BCUT2D eigenvalue weighted by atomic mass is 10.2. The summed E-state index contributed by atoms with van der Waals surface area (Å²) in [7, 11) is 0. The molecule has 0 amide bonds. The Morgan fingerprint density at radius 2 is 2.23 bits per heavy atom. The SMILES string of the molecule is C=CC(C)c1ncc(C(F)(F)F)o1. The number of halogens is 3. The Hall–Kier alpha value is -1.26. The predicted octanol–water partition coefficient (Wildman–Crippen LogP) is 2.98. The van der Waals surface area contributed by atoms with Crippen molar-refractivity contribution in [1.29, 1.82) is 0 Å². The van der Waals surface area contributed by atoms with Crippen LogP contribution < -0.4 is 0 Å². The first-order chi connectivity index (χ1) is 5.95. The second-order valence-electron chi connectivity index (χ2n) is 2.58. The molecule has 1 atom stereocenters. The van der Waals surface area contributed by atoms with Gasteiger partial charge in [0, 0.05) is 0 Å². The molecule has 1 unspecified atom stereocenters. The molecule has 0 saturated heterocycles. The van der Waals surface area contributed by atoms with E-state index in [1.165, 1.54) is 6.08 Å². The molecule has 0 fully saturated rings. The van der Waals surface area contributed by atoms with Gasteiger partial charge in [0.2, 0.25) is 11.7 Å². The van der Waals surface area contributed by atoms with Gasteiger partial charge >= 0.3 is 6.18 Å². The fourth-order valence-electron chi connectivity index (χ4n) is 0.730. The summed E-state index contributed by atoms with van der Waals surface area (Å²) in [4.78, 5) is 3.50. The smallest absolute Gasteiger partial charge is 0.435 e. The van der Waals surface area contributed by atoms with Crippen LogP contribution in [0.2, 0.25) is 0 Å². The maximum atomic E-state index is 12.0. The highest BCUT2D eigenvalue weighted by Gasteiger charge is 2.35. The lowest BCUT2D eigenvalue weighted by molar-refractivity contribution is -0.153. The van der Waals surface area contributed by atoms with Gasteiger partial charge in [-0.05, 0) is 0 Å². The summed E-state index contributed by atoms with van der Waals surface area (Å²) in [5, 5.41) is 0. The van der Waals surface area contributed by atoms with Crippen LogP contribution in [-0.2, 0) is 6.18 Å². The zero-order valence-corrected chi connectivity index (χ0v) is 6.93. The van der Waals surface area contributed by atoms with E-state index >= 15 is 0 Å². The highest BCUT2D eigenvalue weighted by atomic mass is 19.4. The molecule has 0 radical (unpaired) electrons. The second kappa shape index (κ2) is 3.24. The summed E-state index contributed by atoms with van der Waals surface area (Å²) in [6.45, 7) is 5.08. The van der Waals surface area contributed by atoms with Crippen molar-refractivity contribution in [3.8, 4) is 0 Å². The molecule has 1 heterocycles. The molecule has 0 aliphatic carbocycles. The summed E-state index contributed by atoms with van der Waals surface area (Å²) in [5.41, 5.74) is 0. The molecular formula is C8H8F3NO. The quantitative estimate of drug-likeness (QED) is 0.671. The average Bonchev–Trinajstić information content (AvgIpc) is 2.50. The second-order valence-corrected chi connectivity index (χ2v) is 2.58. The first kappa shape index (κ1) is 9.83. The number of allylic oxidation sites excluding steroid dienone is 1. The van der Waals surface area contributed by atoms with Crippen molar-refractivity contribution >= 4 is 0 Å². The highest BCUT2D eigenvalue weighted by Crippen LogP contribution is 2.31. The number of oxazole rings is 1. The Morgan fingerprint density at radius 3 is 2.62 bits per heavy atom. The standard InChI is InChI=1S/C8H8F3NO/c1-3-5(2)7-12-4-6(13-7)8(9,10)11/h3-5H,1H2,2H3. The normalized spacial score (nSPS) is 14.2. The van der Waals surface area contributed by atoms with Crippen LogP contribution in [0.4, 0.5) is 13.2 Å². The molecule has 1 aromatic rings. The third-order valence-corrected chi connectivity index (χ3v) is 1.55. The van der Waals surface area contributed by atoms with Gasteiger partial charge < -0.3 is 4.42 Å². The number of aromatic nitrogens is 1. The highest BCUT2D eigenvalue weighted by molar-refractivity contribution is 5.05. The molecule has 1 aromatic heterocycles. The van der Waals surface area contributed by atoms with Gasteiger partial charge in [0.05, 0.1) is 12.1 Å². The topological polar surface area (TPSA) is 26.0 Å². The Morgan fingerprint density at radius 1 is 1.62 bits per heavy atom. The van der Waals surface area contributed by atoms with Gasteiger partial charge in [-0.25, -0.2) is 4.98 Å². The third-order valence-electron chi connectivity index (χ3n) is 1.55. The van der Waals surface area contributed by atoms with Crippen LogP contribution in [0.3, 0.4) is 0 Å². The van der Waals surface area contributed by atoms with Gasteiger partial charge in [0.25, 0.3) is 0 Å². The Bertz CT molecular complexity index is 303. The zero-order valence-electron chi connectivity index (χ0n) is 6.93. The van der Waals surface area contributed by atoms with Gasteiger partial charge in [-0.2, -0.15) is 13.2 Å². The first-order valence-electron chi connectivity index (χ1n) is 3.60. The molecule has 0 aliphatic heterocycles. The molecule has 72 valence electrons. The number of alkyl halides is 3. The molecule has 1 rings (SSSR count). The van der Waals surface area contributed by atoms with Crippen molar-refractivity contribution in [2.45, 2.75) is 19.0 Å². The number of nitrogens with zero attached hydrogens (tertiary/aromatic N) is 1. The van der Waals surface area contributed by atoms with Gasteiger partial charge in [-0.15, -0.1) is 6.58 Å². The summed E-state index contributed by atoms with van der Waals surface area (Å²) in [6.07, 6.45) is -2.33. The Balaban J connectivity index is 2.93. The van der Waals surface area contributed by atoms with Crippen molar-refractivity contribution in [3.05, 3.63) is 30.5 Å². The molecule has 0 spiro atoms. The minimum atomic E-state index is -4.47. The maximum Gasteiger partial charge on any atom is 0.451 e. The number of hydrogen-bond donors (Lipinski definition) is 0. The molecule has 5 heteroatoms. The van der Waals surface area contributed by atoms with E-state index in [1.54, 1.807) is 6.92 Å². The van der Waals surface area contributed by atoms with E-state index in [9.17, 15) is 13.2 Å². The lowest BCUT2D eigenvalue weighted by Gasteiger charge is -2.01. The zero-order chi connectivity index (χ0) is 10.1. The summed E-state index contributed by atoms with van der Waals surface area (Å²) in [5.74, 6) is -1.35. The van der Waals surface area contributed by atoms with Gasteiger partial charge in [-0.1, -0.05) is 13.0 Å². The Labute approximate surface area is 73.1 Å². The van der Waals surface area contributed by atoms with E-state index in [0.29, 0.717) is 6.20 Å². The molecule has 2 nitrogen and oxygen atoms in total. The molecule has 0 aliphatic rings. The summed E-state index contributed by atoms with van der Waals surface area (Å²) in [6, 6.07) is 0. The monoisotopic (exact) mass is 191 g/mol. The van der Waals surface area contributed by atoms with Gasteiger partial charge in [-0.3, -0.25) is 0 Å². The third kappa shape index (κ3) is 2.11. The largest absolute Gasteiger partial charge is 0.451 e. The molecule has 0 saturated carbocycles. The fraction of sp³-hybridized carbons (Fsp3) is 0.375. The minimum Gasteiger partial charge on any atom is -0.435 e. The molecule has 13 heavy (non-hydrogen) atoms. The summed E-state index contributed by atoms with van der Waals surface area (Å²) < 4.78 is 40.5. The van der Waals surface area contributed by atoms with Crippen LogP contribution in [0.25, 0.3) is 0 Å². The van der Waals surface area contributed by atoms with Crippen LogP contribution in [-0.4, -0.2) is 4.98 Å². The van der Waals surface area contributed by atoms with E-state index < -0.39 is 11.9 Å². The number of rotatable bonds is 2. The molecule has 0 bridgehead atoms. The van der Waals surface area contributed by atoms with Crippen LogP contribution in [0, 0.1) is 0 Å². The van der Waals surface area contributed by atoms with Gasteiger partial charge in [0.15, 0.2) is 0 Å². The Kier molecular flexibility index (Phi) is 2.45.